The van der Waals surface area contributed by atoms with E-state index in [4.69, 9.17) is 0 Å². The lowest BCUT2D eigenvalue weighted by molar-refractivity contribution is 1.28. The molecule has 0 saturated carbocycles. The molecule has 0 radical (unpaired) electrons. The summed E-state index contributed by atoms with van der Waals surface area (Å²) in [6.45, 7) is 2.01. The average molecular weight is 304 g/mol. The number of aromatic nitrogens is 1. The number of hydrogen-bond acceptors (Lipinski definition) is 4. The van der Waals surface area contributed by atoms with E-state index < -0.39 is 0 Å². The van der Waals surface area contributed by atoms with Crippen molar-refractivity contribution >= 4 is 33.1 Å². The molecule has 0 atom stereocenters. The Hall–Kier alpha value is -2.77. The molecule has 106 valence electrons. The Labute approximate surface area is 131 Å². The number of allylic oxidation sites excluding steroid dienone is 1. The molecular formula is C18H12N2OS. The number of benzene rings is 2. The highest BCUT2D eigenvalue weighted by Gasteiger charge is 2.08. The van der Waals surface area contributed by atoms with E-state index in [2.05, 4.69) is 11.1 Å². The number of fused-ring (bicyclic) bond motifs is 1. The van der Waals surface area contributed by atoms with Crippen molar-refractivity contribution in [2.24, 2.45) is 0 Å². The van der Waals surface area contributed by atoms with Gasteiger partial charge in [0.25, 0.3) is 5.56 Å². The Bertz CT molecular complexity index is 963. The Morgan fingerprint density at radius 3 is 2.64 bits per heavy atom. The molecule has 1 heterocycles. The van der Waals surface area contributed by atoms with Crippen molar-refractivity contribution in [2.75, 3.05) is 0 Å². The van der Waals surface area contributed by atoms with Gasteiger partial charge in [0.2, 0.25) is 0 Å². The maximum atomic E-state index is 12.1. The predicted molar refractivity (Wildman–Crippen MR) is 90.6 cm³/mol. The average Bonchev–Trinajstić information content (AvgIpc) is 2.54. The first-order valence-corrected chi connectivity index (χ1v) is 7.58. The summed E-state index contributed by atoms with van der Waals surface area (Å²) < 4.78 is 0.836. The van der Waals surface area contributed by atoms with Crippen LogP contribution < -0.4 is 5.56 Å². The third-order valence-electron chi connectivity index (χ3n) is 3.27. The van der Waals surface area contributed by atoms with Crippen LogP contribution in [0.15, 0.2) is 53.3 Å². The lowest BCUT2D eigenvalue weighted by atomic mass is 10.1. The summed E-state index contributed by atoms with van der Waals surface area (Å²) in [5, 5.41) is 10.4. The molecule has 0 saturated heterocycles. The van der Waals surface area contributed by atoms with Gasteiger partial charge >= 0.3 is 0 Å². The van der Waals surface area contributed by atoms with Crippen LogP contribution in [-0.2, 0) is 0 Å². The fourth-order valence-electron chi connectivity index (χ4n) is 2.10. The summed E-state index contributed by atoms with van der Waals surface area (Å²) in [6.07, 6.45) is 1.76. The first kappa shape index (κ1) is 14.2. The Balaban J connectivity index is 2.13. The van der Waals surface area contributed by atoms with Gasteiger partial charge in [-0.15, -0.1) is 11.3 Å². The fourth-order valence-corrected chi connectivity index (χ4v) is 3.06. The minimum Gasteiger partial charge on any atom is -0.267 e. The normalized spacial score (nSPS) is 11.4. The number of nitrogens with zero attached hydrogens (tertiary/aromatic N) is 2. The van der Waals surface area contributed by atoms with Crippen molar-refractivity contribution in [1.29, 1.82) is 5.26 Å². The van der Waals surface area contributed by atoms with Gasteiger partial charge in [0.15, 0.2) is 0 Å². The van der Waals surface area contributed by atoms with Gasteiger partial charge < -0.3 is 0 Å². The molecule has 3 nitrogen and oxygen atoms in total. The second kappa shape index (κ2) is 5.92. The van der Waals surface area contributed by atoms with E-state index in [1.54, 1.807) is 12.1 Å². The maximum absolute atomic E-state index is 12.1. The summed E-state index contributed by atoms with van der Waals surface area (Å²) in [4.78, 5) is 16.1. The van der Waals surface area contributed by atoms with Crippen LogP contribution in [0.3, 0.4) is 0 Å². The van der Waals surface area contributed by atoms with Crippen LogP contribution in [0.1, 0.15) is 16.1 Å². The van der Waals surface area contributed by atoms with Crippen molar-refractivity contribution in [2.45, 2.75) is 6.92 Å². The first-order chi connectivity index (χ1) is 10.7. The molecule has 4 heteroatoms. The minimum atomic E-state index is -0.297. The molecule has 0 spiro atoms. The van der Waals surface area contributed by atoms with Crippen molar-refractivity contribution in [3.8, 4) is 6.07 Å². The molecule has 2 aromatic carbocycles. The largest absolute Gasteiger partial charge is 0.279 e. The molecule has 0 aliphatic carbocycles. The predicted octanol–water partition coefficient (Wildman–Crippen LogP) is 4.03. The number of aryl methyl sites for hydroxylation is 1. The summed E-state index contributed by atoms with van der Waals surface area (Å²) >= 11 is 1.35. The van der Waals surface area contributed by atoms with Crippen molar-refractivity contribution in [1.82, 2.24) is 4.98 Å². The van der Waals surface area contributed by atoms with E-state index in [0.717, 1.165) is 15.8 Å². The molecule has 1 aromatic heterocycles. The van der Waals surface area contributed by atoms with Gasteiger partial charge in [0.05, 0.1) is 11.0 Å². The third-order valence-corrected chi connectivity index (χ3v) is 4.35. The number of rotatable bonds is 2. The molecule has 0 amide bonds. The molecule has 0 aliphatic rings. The Morgan fingerprint density at radius 2 is 1.91 bits per heavy atom. The van der Waals surface area contributed by atoms with Gasteiger partial charge in [-0.25, -0.2) is 0 Å². The molecule has 0 unspecified atom stereocenters. The molecule has 0 aliphatic heterocycles. The zero-order valence-electron chi connectivity index (χ0n) is 11.9. The second-order valence-corrected chi connectivity index (χ2v) is 5.93. The van der Waals surface area contributed by atoms with E-state index in [-0.39, 0.29) is 5.56 Å². The van der Waals surface area contributed by atoms with Gasteiger partial charge in [-0.1, -0.05) is 42.0 Å². The topological polar surface area (TPSA) is 53.8 Å². The zero-order chi connectivity index (χ0) is 15.5. The third kappa shape index (κ3) is 2.80. The lowest BCUT2D eigenvalue weighted by Crippen LogP contribution is -2.07. The molecule has 0 N–H and O–H groups in total. The summed E-state index contributed by atoms with van der Waals surface area (Å²) in [7, 11) is 0. The van der Waals surface area contributed by atoms with E-state index in [1.807, 2.05) is 49.4 Å². The van der Waals surface area contributed by atoms with Gasteiger partial charge in [0, 0.05) is 4.70 Å². The van der Waals surface area contributed by atoms with E-state index >= 15 is 0 Å². The minimum absolute atomic E-state index is 0.297. The summed E-state index contributed by atoms with van der Waals surface area (Å²) in [5.74, 6) is 0. The SMILES string of the molecule is Cc1ccc(C=C(C#N)c2nc(=O)c3ccccc3s2)cc1. The van der Waals surface area contributed by atoms with E-state index in [1.165, 1.54) is 11.3 Å². The van der Waals surface area contributed by atoms with Gasteiger partial charge in [-0.05, 0) is 30.7 Å². The maximum Gasteiger partial charge on any atom is 0.279 e. The second-order valence-electron chi connectivity index (χ2n) is 4.90. The van der Waals surface area contributed by atoms with Crippen LogP contribution in [0.25, 0.3) is 21.7 Å². The quantitative estimate of drug-likeness (QED) is 0.672. The van der Waals surface area contributed by atoms with Crippen molar-refractivity contribution < 1.29 is 0 Å². The number of nitriles is 1. The molecule has 0 fully saturated rings. The fraction of sp³-hybridized carbons (Fsp3) is 0.0556. The van der Waals surface area contributed by atoms with Gasteiger partial charge in [-0.2, -0.15) is 10.2 Å². The monoisotopic (exact) mass is 304 g/mol. The van der Waals surface area contributed by atoms with Crippen LogP contribution in [0.2, 0.25) is 0 Å². The highest BCUT2D eigenvalue weighted by molar-refractivity contribution is 7.19. The van der Waals surface area contributed by atoms with Crippen LogP contribution in [0, 0.1) is 18.3 Å². The summed E-state index contributed by atoms with van der Waals surface area (Å²) in [5.41, 5.74) is 2.17. The van der Waals surface area contributed by atoms with E-state index in [0.29, 0.717) is 16.0 Å². The van der Waals surface area contributed by atoms with E-state index in [9.17, 15) is 10.1 Å². The van der Waals surface area contributed by atoms with Crippen LogP contribution in [0.5, 0.6) is 0 Å². The molecule has 0 bridgehead atoms. The van der Waals surface area contributed by atoms with Crippen molar-refractivity contribution in [3.05, 3.63) is 75.0 Å². The molecule has 22 heavy (non-hydrogen) atoms. The lowest BCUT2D eigenvalue weighted by Gasteiger charge is -2.01. The standard InChI is InChI=1S/C18H12N2OS/c1-12-6-8-13(9-7-12)10-14(11-19)18-20-17(21)15-4-2-3-5-16(15)22-18/h2-10H,1H3. The first-order valence-electron chi connectivity index (χ1n) is 6.76. The van der Waals surface area contributed by atoms with Crippen molar-refractivity contribution in [3.63, 3.8) is 0 Å². The highest BCUT2D eigenvalue weighted by atomic mass is 32.1. The molecular weight excluding hydrogens is 292 g/mol. The Morgan fingerprint density at radius 1 is 1.18 bits per heavy atom. The van der Waals surface area contributed by atoms with Crippen LogP contribution in [0.4, 0.5) is 0 Å². The zero-order valence-corrected chi connectivity index (χ0v) is 12.7. The highest BCUT2D eigenvalue weighted by Crippen LogP contribution is 2.24. The van der Waals surface area contributed by atoms with Crippen LogP contribution in [-0.4, -0.2) is 4.98 Å². The Kier molecular flexibility index (Phi) is 3.82. The molecule has 3 rings (SSSR count). The number of hydrogen-bond donors (Lipinski definition) is 0. The smallest absolute Gasteiger partial charge is 0.267 e. The van der Waals surface area contributed by atoms with Gasteiger partial charge in [-0.3, -0.25) is 4.79 Å². The van der Waals surface area contributed by atoms with Crippen LogP contribution >= 0.6 is 11.3 Å². The van der Waals surface area contributed by atoms with Gasteiger partial charge in [0.1, 0.15) is 11.1 Å². The summed E-state index contributed by atoms with van der Waals surface area (Å²) in [6, 6.07) is 17.3. The molecule has 3 aromatic rings.